The Balaban J connectivity index is 2.16. The van der Waals surface area contributed by atoms with Crippen LogP contribution in [-0.2, 0) is 11.3 Å². The molecule has 1 heterocycles. The van der Waals surface area contributed by atoms with Crippen LogP contribution in [0.2, 0.25) is 5.15 Å². The maximum absolute atomic E-state index is 12.0. The third-order valence-corrected chi connectivity index (χ3v) is 2.78. The molecule has 0 radical (unpaired) electrons. The number of pyridine rings is 1. The van der Waals surface area contributed by atoms with Gasteiger partial charge in [-0.3, -0.25) is 4.79 Å². The molecule has 0 bridgehead atoms. The monoisotopic (exact) mass is 276 g/mol. The third kappa shape index (κ3) is 3.53. The maximum atomic E-state index is 12.0. The predicted octanol–water partition coefficient (Wildman–Crippen LogP) is 3.13. The van der Waals surface area contributed by atoms with Crippen LogP contribution in [-0.4, -0.2) is 18.0 Å². The van der Waals surface area contributed by atoms with Gasteiger partial charge < -0.3 is 10.1 Å². The van der Waals surface area contributed by atoms with Crippen molar-refractivity contribution in [3.8, 4) is 0 Å². The van der Waals surface area contributed by atoms with Crippen LogP contribution in [0.4, 0.5) is 5.69 Å². The summed E-state index contributed by atoms with van der Waals surface area (Å²) in [6.45, 7) is 0.440. The fourth-order valence-electron chi connectivity index (χ4n) is 1.63. The van der Waals surface area contributed by atoms with Crippen LogP contribution in [0, 0.1) is 0 Å². The van der Waals surface area contributed by atoms with Crippen molar-refractivity contribution in [2.45, 2.75) is 6.61 Å². The number of hydrogen-bond donors (Lipinski definition) is 1. The van der Waals surface area contributed by atoms with E-state index >= 15 is 0 Å². The molecule has 0 aliphatic carbocycles. The van der Waals surface area contributed by atoms with E-state index in [4.69, 9.17) is 16.3 Å². The van der Waals surface area contributed by atoms with Gasteiger partial charge in [0.2, 0.25) is 0 Å². The molecule has 1 N–H and O–H groups in total. The first-order valence-electron chi connectivity index (χ1n) is 5.70. The Labute approximate surface area is 116 Å². The second kappa shape index (κ2) is 6.31. The minimum absolute atomic E-state index is 0.229. The molecule has 19 heavy (non-hydrogen) atoms. The number of rotatable bonds is 4. The van der Waals surface area contributed by atoms with Crippen LogP contribution < -0.4 is 5.32 Å². The molecular weight excluding hydrogens is 264 g/mol. The fourth-order valence-corrected chi connectivity index (χ4v) is 1.74. The molecule has 1 amide bonds. The van der Waals surface area contributed by atoms with Crippen LogP contribution >= 0.6 is 11.6 Å². The lowest BCUT2D eigenvalue weighted by Crippen LogP contribution is -2.13. The number of methoxy groups -OCH3 is 1. The summed E-state index contributed by atoms with van der Waals surface area (Å²) in [6, 6.07) is 10.7. The minimum atomic E-state index is -0.229. The molecule has 1 aromatic heterocycles. The molecule has 5 heteroatoms. The number of para-hydroxylation sites is 1. The number of benzene rings is 1. The lowest BCUT2D eigenvalue weighted by atomic mass is 10.1. The van der Waals surface area contributed by atoms with Crippen LogP contribution in [0.25, 0.3) is 0 Å². The van der Waals surface area contributed by atoms with Gasteiger partial charge in [-0.1, -0.05) is 29.8 Å². The Hall–Kier alpha value is -1.91. The number of carbonyl (C=O) groups excluding carboxylic acids is 1. The average molecular weight is 277 g/mol. The molecule has 0 atom stereocenters. The number of ether oxygens (including phenoxy) is 1. The summed E-state index contributed by atoms with van der Waals surface area (Å²) in [6.07, 6.45) is 1.44. The van der Waals surface area contributed by atoms with E-state index in [2.05, 4.69) is 10.3 Å². The lowest BCUT2D eigenvalue weighted by Gasteiger charge is -2.10. The number of carbonyl (C=O) groups is 1. The van der Waals surface area contributed by atoms with E-state index < -0.39 is 0 Å². The van der Waals surface area contributed by atoms with Crippen molar-refractivity contribution in [2.75, 3.05) is 12.4 Å². The molecule has 1 aromatic carbocycles. The van der Waals surface area contributed by atoms with Gasteiger partial charge in [0.05, 0.1) is 12.2 Å². The molecule has 0 aliphatic rings. The van der Waals surface area contributed by atoms with Crippen molar-refractivity contribution < 1.29 is 9.53 Å². The summed E-state index contributed by atoms with van der Waals surface area (Å²) in [5.74, 6) is -0.229. The number of halogens is 1. The normalized spacial score (nSPS) is 10.2. The van der Waals surface area contributed by atoms with Gasteiger partial charge in [-0.25, -0.2) is 4.98 Å². The van der Waals surface area contributed by atoms with Gasteiger partial charge in [0.15, 0.2) is 0 Å². The topological polar surface area (TPSA) is 51.2 Å². The van der Waals surface area contributed by atoms with E-state index in [0.717, 1.165) is 11.3 Å². The van der Waals surface area contributed by atoms with Crippen molar-refractivity contribution in [1.82, 2.24) is 4.98 Å². The van der Waals surface area contributed by atoms with E-state index in [9.17, 15) is 4.79 Å². The van der Waals surface area contributed by atoms with Crippen molar-refractivity contribution in [2.24, 2.45) is 0 Å². The number of nitrogens with zero attached hydrogens (tertiary/aromatic N) is 1. The van der Waals surface area contributed by atoms with Gasteiger partial charge in [-0.05, 0) is 18.2 Å². The molecule has 0 unspecified atom stereocenters. The van der Waals surface area contributed by atoms with Gasteiger partial charge in [0.25, 0.3) is 5.91 Å². The van der Waals surface area contributed by atoms with Crippen LogP contribution in [0.3, 0.4) is 0 Å². The predicted molar refractivity (Wildman–Crippen MR) is 74.4 cm³/mol. The number of aromatic nitrogens is 1. The molecule has 0 spiro atoms. The maximum Gasteiger partial charge on any atom is 0.257 e. The second-order valence-electron chi connectivity index (χ2n) is 3.91. The Morgan fingerprint density at radius 1 is 1.32 bits per heavy atom. The van der Waals surface area contributed by atoms with E-state index in [1.807, 2.05) is 24.3 Å². The Kier molecular flexibility index (Phi) is 4.49. The summed E-state index contributed by atoms with van der Waals surface area (Å²) in [4.78, 5) is 15.9. The molecule has 2 rings (SSSR count). The summed E-state index contributed by atoms with van der Waals surface area (Å²) >= 11 is 5.68. The number of amides is 1. The molecule has 2 aromatic rings. The molecule has 0 fully saturated rings. The van der Waals surface area contributed by atoms with E-state index in [1.54, 1.807) is 19.2 Å². The quantitative estimate of drug-likeness (QED) is 0.873. The second-order valence-corrected chi connectivity index (χ2v) is 4.30. The van der Waals surface area contributed by atoms with E-state index in [1.165, 1.54) is 6.20 Å². The van der Waals surface area contributed by atoms with Gasteiger partial charge in [0.1, 0.15) is 5.15 Å². The highest BCUT2D eigenvalue weighted by atomic mass is 35.5. The molecule has 98 valence electrons. The highest BCUT2D eigenvalue weighted by Crippen LogP contribution is 2.17. The fraction of sp³-hybridized carbons (Fsp3) is 0.143. The van der Waals surface area contributed by atoms with Gasteiger partial charge in [-0.15, -0.1) is 0 Å². The zero-order valence-corrected chi connectivity index (χ0v) is 11.1. The highest BCUT2D eigenvalue weighted by molar-refractivity contribution is 6.29. The summed E-state index contributed by atoms with van der Waals surface area (Å²) < 4.78 is 5.09. The van der Waals surface area contributed by atoms with E-state index in [0.29, 0.717) is 17.3 Å². The summed E-state index contributed by atoms with van der Waals surface area (Å²) in [7, 11) is 1.61. The van der Waals surface area contributed by atoms with Crippen LogP contribution in [0.15, 0.2) is 42.6 Å². The standard InChI is InChI=1S/C14H13ClN2O2/c1-19-9-11-4-2-3-5-12(11)17-14(18)10-6-7-13(15)16-8-10/h2-8H,9H2,1H3,(H,17,18). The highest BCUT2D eigenvalue weighted by Gasteiger charge is 2.09. The first kappa shape index (κ1) is 13.5. The van der Waals surface area contributed by atoms with Crippen molar-refractivity contribution in [1.29, 1.82) is 0 Å². The summed E-state index contributed by atoms with van der Waals surface area (Å²) in [5, 5.41) is 3.19. The zero-order chi connectivity index (χ0) is 13.7. The third-order valence-electron chi connectivity index (χ3n) is 2.55. The Bertz CT molecular complexity index is 570. The van der Waals surface area contributed by atoms with Crippen molar-refractivity contribution in [3.63, 3.8) is 0 Å². The van der Waals surface area contributed by atoms with Gasteiger partial charge >= 0.3 is 0 Å². The molecule has 0 saturated heterocycles. The zero-order valence-electron chi connectivity index (χ0n) is 10.4. The number of anilines is 1. The molecule has 4 nitrogen and oxygen atoms in total. The first-order valence-corrected chi connectivity index (χ1v) is 6.08. The van der Waals surface area contributed by atoms with Crippen molar-refractivity contribution >= 4 is 23.2 Å². The SMILES string of the molecule is COCc1ccccc1NC(=O)c1ccc(Cl)nc1. The van der Waals surface area contributed by atoms with E-state index in [-0.39, 0.29) is 5.91 Å². The smallest absolute Gasteiger partial charge is 0.257 e. The lowest BCUT2D eigenvalue weighted by molar-refractivity contribution is 0.102. The average Bonchev–Trinajstić information content (AvgIpc) is 2.42. The Morgan fingerprint density at radius 2 is 2.11 bits per heavy atom. The minimum Gasteiger partial charge on any atom is -0.380 e. The van der Waals surface area contributed by atoms with Crippen LogP contribution in [0.5, 0.6) is 0 Å². The number of nitrogens with one attached hydrogen (secondary N) is 1. The largest absolute Gasteiger partial charge is 0.380 e. The molecular formula is C14H13ClN2O2. The van der Waals surface area contributed by atoms with Gasteiger partial charge in [0, 0.05) is 24.6 Å². The Morgan fingerprint density at radius 3 is 2.79 bits per heavy atom. The molecule has 0 aliphatic heterocycles. The van der Waals surface area contributed by atoms with Crippen LogP contribution in [0.1, 0.15) is 15.9 Å². The van der Waals surface area contributed by atoms with Crippen molar-refractivity contribution in [3.05, 3.63) is 58.9 Å². The first-order chi connectivity index (χ1) is 9.20. The number of hydrogen-bond acceptors (Lipinski definition) is 3. The summed E-state index contributed by atoms with van der Waals surface area (Å²) in [5.41, 5.74) is 2.10. The molecule has 0 saturated carbocycles. The van der Waals surface area contributed by atoms with Gasteiger partial charge in [-0.2, -0.15) is 0 Å².